The zero-order valence-corrected chi connectivity index (χ0v) is 11.9. The van der Waals surface area contributed by atoms with Crippen LogP contribution in [0.25, 0.3) is 0 Å². The van der Waals surface area contributed by atoms with Gasteiger partial charge in [0.15, 0.2) is 0 Å². The van der Waals surface area contributed by atoms with Gasteiger partial charge in [-0.25, -0.2) is 0 Å². The maximum atomic E-state index is 6.03. The first kappa shape index (κ1) is 11.6. The van der Waals surface area contributed by atoms with Gasteiger partial charge >= 0.3 is 0 Å². The minimum absolute atomic E-state index is 0.906. The molecule has 2 aromatic carbocycles. The fourth-order valence-corrected chi connectivity index (χ4v) is 2.70. The van der Waals surface area contributed by atoms with E-state index in [0.717, 1.165) is 23.2 Å². The maximum absolute atomic E-state index is 6.03. The van der Waals surface area contributed by atoms with Crippen molar-refractivity contribution < 1.29 is 0 Å². The molecule has 2 nitrogen and oxygen atoms in total. The molecule has 0 radical (unpaired) electrons. The predicted molar refractivity (Wildman–Crippen MR) is 79.6 cm³/mol. The van der Waals surface area contributed by atoms with Gasteiger partial charge < -0.3 is 10.6 Å². The van der Waals surface area contributed by atoms with Gasteiger partial charge in [0, 0.05) is 28.9 Å². The maximum Gasteiger partial charge on any atom is 0.0457 e. The molecule has 3 rings (SSSR count). The van der Waals surface area contributed by atoms with Gasteiger partial charge in [-0.05, 0) is 47.9 Å². The smallest absolute Gasteiger partial charge is 0.0457 e. The standard InChI is InChI=1S/C15H15BrN2/c1-10-7-12(5-6-14(10)16)18-8-11-3-2-4-15(17)13(11)9-18/h2-7H,8-9,17H2,1H3. The molecule has 3 heteroatoms. The number of anilines is 2. The Kier molecular flexibility index (Phi) is 2.78. The summed E-state index contributed by atoms with van der Waals surface area (Å²) in [6.07, 6.45) is 0. The second kappa shape index (κ2) is 4.32. The Morgan fingerprint density at radius 1 is 1.17 bits per heavy atom. The molecule has 18 heavy (non-hydrogen) atoms. The zero-order chi connectivity index (χ0) is 12.7. The van der Waals surface area contributed by atoms with Crippen molar-refractivity contribution in [3.05, 3.63) is 57.6 Å². The third-order valence-corrected chi connectivity index (χ3v) is 4.42. The second-order valence-electron chi connectivity index (χ2n) is 4.77. The number of nitrogens with zero attached hydrogens (tertiary/aromatic N) is 1. The summed E-state index contributed by atoms with van der Waals surface area (Å²) in [6.45, 7) is 3.97. The van der Waals surface area contributed by atoms with E-state index in [0.29, 0.717) is 0 Å². The zero-order valence-electron chi connectivity index (χ0n) is 10.3. The number of benzene rings is 2. The number of halogens is 1. The summed E-state index contributed by atoms with van der Waals surface area (Å²) >= 11 is 3.54. The molecule has 0 spiro atoms. The van der Waals surface area contributed by atoms with E-state index in [2.05, 4.69) is 52.0 Å². The Morgan fingerprint density at radius 3 is 2.72 bits per heavy atom. The summed E-state index contributed by atoms with van der Waals surface area (Å²) in [5.74, 6) is 0. The van der Waals surface area contributed by atoms with Crippen LogP contribution in [0.5, 0.6) is 0 Å². The SMILES string of the molecule is Cc1cc(N2Cc3cccc(N)c3C2)ccc1Br. The van der Waals surface area contributed by atoms with Gasteiger partial charge in [0.25, 0.3) is 0 Å². The number of hydrogen-bond acceptors (Lipinski definition) is 2. The topological polar surface area (TPSA) is 29.3 Å². The van der Waals surface area contributed by atoms with E-state index in [1.165, 1.54) is 22.4 Å². The third-order valence-electron chi connectivity index (χ3n) is 3.53. The first-order valence-corrected chi connectivity index (χ1v) is 6.82. The first-order chi connectivity index (χ1) is 8.65. The summed E-state index contributed by atoms with van der Waals surface area (Å²) in [7, 11) is 0. The van der Waals surface area contributed by atoms with Crippen LogP contribution in [-0.4, -0.2) is 0 Å². The molecular formula is C15H15BrN2. The number of aryl methyl sites for hydroxylation is 1. The Hall–Kier alpha value is -1.48. The summed E-state index contributed by atoms with van der Waals surface area (Å²) < 4.78 is 1.16. The summed E-state index contributed by atoms with van der Waals surface area (Å²) in [4.78, 5) is 2.36. The molecule has 0 amide bonds. The van der Waals surface area contributed by atoms with Crippen molar-refractivity contribution in [1.29, 1.82) is 0 Å². The Morgan fingerprint density at radius 2 is 2.00 bits per heavy atom. The molecule has 0 fully saturated rings. The number of fused-ring (bicyclic) bond motifs is 1. The molecule has 0 saturated heterocycles. The van der Waals surface area contributed by atoms with Crippen LogP contribution >= 0.6 is 15.9 Å². The van der Waals surface area contributed by atoms with E-state index < -0.39 is 0 Å². The van der Waals surface area contributed by atoms with E-state index in [1.54, 1.807) is 0 Å². The van der Waals surface area contributed by atoms with Crippen LogP contribution in [0, 0.1) is 6.92 Å². The van der Waals surface area contributed by atoms with Crippen LogP contribution < -0.4 is 10.6 Å². The molecule has 0 aromatic heterocycles. The van der Waals surface area contributed by atoms with Gasteiger partial charge in [-0.2, -0.15) is 0 Å². The van der Waals surface area contributed by atoms with Crippen molar-refractivity contribution in [2.24, 2.45) is 0 Å². The van der Waals surface area contributed by atoms with Gasteiger partial charge in [-0.3, -0.25) is 0 Å². The molecule has 0 atom stereocenters. The highest BCUT2D eigenvalue weighted by Crippen LogP contribution is 2.32. The number of nitrogens with two attached hydrogens (primary N) is 1. The summed E-state index contributed by atoms with van der Waals surface area (Å²) in [5.41, 5.74) is 12.1. The van der Waals surface area contributed by atoms with Gasteiger partial charge in [0.05, 0.1) is 0 Å². The molecule has 0 aliphatic carbocycles. The van der Waals surface area contributed by atoms with Crippen LogP contribution in [0.2, 0.25) is 0 Å². The normalized spacial score (nSPS) is 13.8. The number of nitrogen functional groups attached to an aromatic ring is 1. The van der Waals surface area contributed by atoms with E-state index in [9.17, 15) is 0 Å². The quantitative estimate of drug-likeness (QED) is 0.811. The van der Waals surface area contributed by atoms with Crippen LogP contribution in [-0.2, 0) is 13.1 Å². The van der Waals surface area contributed by atoms with Crippen LogP contribution in [0.4, 0.5) is 11.4 Å². The molecule has 1 heterocycles. The lowest BCUT2D eigenvalue weighted by Gasteiger charge is -2.18. The van der Waals surface area contributed by atoms with Crippen LogP contribution in [0.1, 0.15) is 16.7 Å². The number of rotatable bonds is 1. The lowest BCUT2D eigenvalue weighted by Crippen LogP contribution is -2.14. The highest BCUT2D eigenvalue weighted by atomic mass is 79.9. The lowest BCUT2D eigenvalue weighted by molar-refractivity contribution is 0.880. The molecule has 0 unspecified atom stereocenters. The Labute approximate surface area is 116 Å². The van der Waals surface area contributed by atoms with Gasteiger partial charge in [0.2, 0.25) is 0 Å². The average Bonchev–Trinajstić information content (AvgIpc) is 2.78. The third kappa shape index (κ3) is 1.89. The van der Waals surface area contributed by atoms with E-state index in [1.807, 2.05) is 12.1 Å². The molecule has 1 aliphatic heterocycles. The van der Waals surface area contributed by atoms with Crippen molar-refractivity contribution in [2.45, 2.75) is 20.0 Å². The summed E-state index contributed by atoms with van der Waals surface area (Å²) in [5, 5.41) is 0. The van der Waals surface area contributed by atoms with Crippen LogP contribution in [0.3, 0.4) is 0 Å². The molecule has 2 N–H and O–H groups in total. The fraction of sp³-hybridized carbons (Fsp3) is 0.200. The van der Waals surface area contributed by atoms with E-state index in [-0.39, 0.29) is 0 Å². The minimum atomic E-state index is 0.906. The van der Waals surface area contributed by atoms with Crippen molar-refractivity contribution in [3.63, 3.8) is 0 Å². The number of hydrogen-bond donors (Lipinski definition) is 1. The molecule has 1 aliphatic rings. The van der Waals surface area contributed by atoms with Crippen molar-refractivity contribution in [1.82, 2.24) is 0 Å². The van der Waals surface area contributed by atoms with Crippen molar-refractivity contribution in [2.75, 3.05) is 10.6 Å². The first-order valence-electron chi connectivity index (χ1n) is 6.02. The average molecular weight is 303 g/mol. The molecule has 0 bridgehead atoms. The minimum Gasteiger partial charge on any atom is -0.398 e. The summed E-state index contributed by atoms with van der Waals surface area (Å²) in [6, 6.07) is 12.7. The van der Waals surface area contributed by atoms with E-state index in [4.69, 9.17) is 5.73 Å². The van der Waals surface area contributed by atoms with Crippen LogP contribution in [0.15, 0.2) is 40.9 Å². The molecule has 2 aromatic rings. The molecule has 92 valence electrons. The predicted octanol–water partition coefficient (Wildman–Crippen LogP) is 3.86. The van der Waals surface area contributed by atoms with Crippen molar-refractivity contribution >= 4 is 27.3 Å². The Balaban J connectivity index is 1.94. The largest absolute Gasteiger partial charge is 0.398 e. The monoisotopic (exact) mass is 302 g/mol. The molecule has 0 saturated carbocycles. The second-order valence-corrected chi connectivity index (χ2v) is 5.63. The fourth-order valence-electron chi connectivity index (χ4n) is 2.46. The van der Waals surface area contributed by atoms with Gasteiger partial charge in [-0.1, -0.05) is 28.1 Å². The van der Waals surface area contributed by atoms with Crippen molar-refractivity contribution in [3.8, 4) is 0 Å². The highest BCUT2D eigenvalue weighted by Gasteiger charge is 2.21. The molecular weight excluding hydrogens is 288 g/mol. The van der Waals surface area contributed by atoms with Gasteiger partial charge in [0.1, 0.15) is 0 Å². The Bertz CT molecular complexity index is 607. The van der Waals surface area contributed by atoms with Gasteiger partial charge in [-0.15, -0.1) is 0 Å². The van der Waals surface area contributed by atoms with E-state index >= 15 is 0 Å². The highest BCUT2D eigenvalue weighted by molar-refractivity contribution is 9.10. The lowest BCUT2D eigenvalue weighted by atomic mass is 10.1.